The molecule has 0 bridgehead atoms. The van der Waals surface area contributed by atoms with Gasteiger partial charge in [0, 0.05) is 23.0 Å². The molecule has 1 fully saturated rings. The maximum atomic E-state index is 12.3. The predicted octanol–water partition coefficient (Wildman–Crippen LogP) is 1.78. The lowest BCUT2D eigenvalue weighted by molar-refractivity contribution is -0.146. The summed E-state index contributed by atoms with van der Waals surface area (Å²) in [7, 11) is 1.29. The topological polar surface area (TPSA) is 78.9 Å². The molecule has 1 aromatic rings. The van der Waals surface area contributed by atoms with Crippen molar-refractivity contribution in [2.75, 3.05) is 20.2 Å². The molecule has 1 saturated heterocycles. The number of benzene rings is 1. The van der Waals surface area contributed by atoms with E-state index in [1.807, 2.05) is 6.92 Å². The van der Waals surface area contributed by atoms with Gasteiger partial charge in [-0.05, 0) is 24.6 Å². The van der Waals surface area contributed by atoms with Gasteiger partial charge in [0.15, 0.2) is 0 Å². The number of methoxy groups -OCH3 is 1. The Labute approximate surface area is 150 Å². The van der Waals surface area contributed by atoms with E-state index in [1.165, 1.54) is 7.11 Å². The molecule has 1 amide bonds. The van der Waals surface area contributed by atoms with Crippen LogP contribution in [0.5, 0.6) is 0 Å². The van der Waals surface area contributed by atoms with Crippen molar-refractivity contribution >= 4 is 35.1 Å². The molecule has 8 heteroatoms. The lowest BCUT2D eigenvalue weighted by Gasteiger charge is -2.23. The molecule has 6 nitrogen and oxygen atoms in total. The second-order valence-electron chi connectivity index (χ2n) is 5.81. The summed E-state index contributed by atoms with van der Waals surface area (Å²) in [5.74, 6) is -0.718. The molecule has 0 unspecified atom stereocenters. The smallest absolute Gasteiger partial charge is 0.323 e. The number of carbonyl (C=O) groups excluding carboxylic acids is 2. The Balaban J connectivity index is 1.98. The van der Waals surface area contributed by atoms with Crippen LogP contribution in [0.3, 0.4) is 0 Å². The van der Waals surface area contributed by atoms with Crippen molar-refractivity contribution in [3.63, 3.8) is 0 Å². The number of amides is 1. The third kappa shape index (κ3) is 4.60. The van der Waals surface area contributed by atoms with E-state index in [4.69, 9.17) is 27.9 Å². The zero-order valence-corrected chi connectivity index (χ0v) is 15.0. The molecule has 3 atom stereocenters. The first-order valence-corrected chi connectivity index (χ1v) is 8.31. The standard InChI is InChI=1S/C16H20Cl2N2O4/c1-9(12-4-3-10(17)5-13(12)18)19-15(22)8-20-7-11(21)6-14(20)16(23)24-2/h3-5,9,11,14,21H,6-8H2,1-2H3,(H,19,22)/t9-,11+,14+/m0/s1. The molecule has 1 heterocycles. The second-order valence-corrected chi connectivity index (χ2v) is 6.66. The molecule has 24 heavy (non-hydrogen) atoms. The van der Waals surface area contributed by atoms with Crippen molar-refractivity contribution in [1.82, 2.24) is 10.2 Å². The third-order valence-corrected chi connectivity index (χ3v) is 4.57. The van der Waals surface area contributed by atoms with Crippen LogP contribution in [0.1, 0.15) is 24.9 Å². The van der Waals surface area contributed by atoms with Crippen molar-refractivity contribution in [2.24, 2.45) is 0 Å². The van der Waals surface area contributed by atoms with Gasteiger partial charge in [-0.1, -0.05) is 29.3 Å². The fourth-order valence-electron chi connectivity index (χ4n) is 2.84. The van der Waals surface area contributed by atoms with Crippen LogP contribution in [0.4, 0.5) is 0 Å². The summed E-state index contributed by atoms with van der Waals surface area (Å²) in [6.07, 6.45) is -0.386. The number of ether oxygens (including phenoxy) is 1. The van der Waals surface area contributed by atoms with Crippen molar-refractivity contribution in [2.45, 2.75) is 31.5 Å². The molecule has 0 saturated carbocycles. The Morgan fingerprint density at radius 3 is 2.79 bits per heavy atom. The van der Waals surface area contributed by atoms with Crippen molar-refractivity contribution < 1.29 is 19.4 Å². The summed E-state index contributed by atoms with van der Waals surface area (Å²) in [4.78, 5) is 25.6. The van der Waals surface area contributed by atoms with Gasteiger partial charge in [-0.25, -0.2) is 0 Å². The fraction of sp³-hybridized carbons (Fsp3) is 0.500. The first kappa shape index (κ1) is 19.0. The predicted molar refractivity (Wildman–Crippen MR) is 91.0 cm³/mol. The molecule has 0 radical (unpaired) electrons. The van der Waals surface area contributed by atoms with Crippen LogP contribution in [0.25, 0.3) is 0 Å². The summed E-state index contributed by atoms with van der Waals surface area (Å²) < 4.78 is 4.72. The van der Waals surface area contributed by atoms with Crippen LogP contribution in [0, 0.1) is 0 Å². The van der Waals surface area contributed by atoms with Gasteiger partial charge in [-0.2, -0.15) is 0 Å². The summed E-state index contributed by atoms with van der Waals surface area (Å²) in [5.41, 5.74) is 0.750. The van der Waals surface area contributed by atoms with Gasteiger partial charge < -0.3 is 15.2 Å². The number of aliphatic hydroxyl groups is 1. The highest BCUT2D eigenvalue weighted by atomic mass is 35.5. The number of halogens is 2. The SMILES string of the molecule is COC(=O)[C@H]1C[C@@H](O)CN1CC(=O)N[C@@H](C)c1ccc(Cl)cc1Cl. The highest BCUT2D eigenvalue weighted by molar-refractivity contribution is 6.35. The van der Waals surface area contributed by atoms with Crippen molar-refractivity contribution in [3.8, 4) is 0 Å². The number of hydrogen-bond acceptors (Lipinski definition) is 5. The number of carbonyl (C=O) groups is 2. The molecule has 1 aromatic carbocycles. The Morgan fingerprint density at radius 2 is 2.17 bits per heavy atom. The minimum Gasteiger partial charge on any atom is -0.468 e. The van der Waals surface area contributed by atoms with Crippen LogP contribution in [0.15, 0.2) is 18.2 Å². The average Bonchev–Trinajstić information content (AvgIpc) is 2.86. The molecule has 2 rings (SSSR count). The number of likely N-dealkylation sites (tertiary alicyclic amines) is 1. The highest BCUT2D eigenvalue weighted by Crippen LogP contribution is 2.26. The molecular formula is C16H20Cl2N2O4. The van der Waals surface area contributed by atoms with Crippen LogP contribution in [-0.4, -0.2) is 54.2 Å². The van der Waals surface area contributed by atoms with Gasteiger partial charge in [0.05, 0.1) is 25.8 Å². The van der Waals surface area contributed by atoms with Gasteiger partial charge in [0.25, 0.3) is 0 Å². The maximum Gasteiger partial charge on any atom is 0.323 e. The number of nitrogens with one attached hydrogen (secondary N) is 1. The normalized spacial score (nSPS) is 22.2. The largest absolute Gasteiger partial charge is 0.468 e. The maximum absolute atomic E-state index is 12.3. The number of esters is 1. The van der Waals surface area contributed by atoms with Crippen LogP contribution < -0.4 is 5.32 Å². The third-order valence-electron chi connectivity index (χ3n) is 4.01. The number of hydrogen-bond donors (Lipinski definition) is 2. The average molecular weight is 375 g/mol. The first-order chi connectivity index (χ1) is 11.3. The molecular weight excluding hydrogens is 355 g/mol. The van der Waals surface area contributed by atoms with E-state index in [2.05, 4.69) is 5.32 Å². The highest BCUT2D eigenvalue weighted by Gasteiger charge is 2.37. The Hall–Kier alpha value is -1.34. The van der Waals surface area contributed by atoms with E-state index in [1.54, 1.807) is 23.1 Å². The first-order valence-electron chi connectivity index (χ1n) is 7.56. The van der Waals surface area contributed by atoms with Crippen molar-refractivity contribution in [1.29, 1.82) is 0 Å². The van der Waals surface area contributed by atoms with E-state index in [0.717, 1.165) is 5.56 Å². The minimum atomic E-state index is -0.648. The van der Waals surface area contributed by atoms with Gasteiger partial charge in [-0.3, -0.25) is 14.5 Å². The number of aliphatic hydroxyl groups excluding tert-OH is 1. The number of nitrogens with zero attached hydrogens (tertiary/aromatic N) is 1. The number of β-amino-alcohol motifs (C(OH)–C–C–N with tert-alkyl or cyclic N) is 1. The Kier molecular flexibility index (Phi) is 6.46. The molecule has 132 valence electrons. The summed E-state index contributed by atoms with van der Waals surface area (Å²) in [6.45, 7) is 2.05. The Bertz CT molecular complexity index is 626. The molecule has 0 aliphatic carbocycles. The molecule has 1 aliphatic rings. The van der Waals surface area contributed by atoms with Crippen LogP contribution >= 0.6 is 23.2 Å². The minimum absolute atomic E-state index is 0.00756. The zero-order valence-electron chi connectivity index (χ0n) is 13.5. The molecule has 0 aromatic heterocycles. The fourth-order valence-corrected chi connectivity index (χ4v) is 3.41. The summed E-state index contributed by atoms with van der Waals surface area (Å²) in [6, 6.07) is 4.16. The van der Waals surface area contributed by atoms with E-state index >= 15 is 0 Å². The van der Waals surface area contributed by atoms with E-state index in [0.29, 0.717) is 10.0 Å². The van der Waals surface area contributed by atoms with Gasteiger partial charge in [-0.15, -0.1) is 0 Å². The van der Waals surface area contributed by atoms with Gasteiger partial charge in [0.2, 0.25) is 5.91 Å². The van der Waals surface area contributed by atoms with Crippen molar-refractivity contribution in [3.05, 3.63) is 33.8 Å². The van der Waals surface area contributed by atoms with E-state index in [-0.39, 0.29) is 31.5 Å². The van der Waals surface area contributed by atoms with Gasteiger partial charge in [0.1, 0.15) is 6.04 Å². The lowest BCUT2D eigenvalue weighted by atomic mass is 10.1. The monoisotopic (exact) mass is 374 g/mol. The van der Waals surface area contributed by atoms with Gasteiger partial charge >= 0.3 is 5.97 Å². The second kappa shape index (κ2) is 8.16. The molecule has 2 N–H and O–H groups in total. The molecule has 1 aliphatic heterocycles. The van der Waals surface area contributed by atoms with E-state index in [9.17, 15) is 14.7 Å². The summed E-state index contributed by atoms with van der Waals surface area (Å²) in [5, 5.41) is 13.6. The Morgan fingerprint density at radius 1 is 1.46 bits per heavy atom. The lowest BCUT2D eigenvalue weighted by Crippen LogP contribution is -2.44. The molecule has 0 spiro atoms. The number of rotatable bonds is 5. The summed E-state index contributed by atoms with van der Waals surface area (Å²) >= 11 is 12.0. The van der Waals surface area contributed by atoms with E-state index < -0.39 is 18.1 Å². The van der Waals surface area contributed by atoms with Crippen LogP contribution in [-0.2, 0) is 14.3 Å². The zero-order chi connectivity index (χ0) is 17.9. The quantitative estimate of drug-likeness (QED) is 0.768. The van der Waals surface area contributed by atoms with Crippen LogP contribution in [0.2, 0.25) is 10.0 Å².